The smallest absolute Gasteiger partial charge is 0.246 e. The van der Waals surface area contributed by atoms with Crippen molar-refractivity contribution in [2.24, 2.45) is 11.7 Å². The molecule has 1 aliphatic heterocycles. The first-order valence-electron chi connectivity index (χ1n) is 6.00. The zero-order valence-electron chi connectivity index (χ0n) is 9.84. The molecule has 1 aromatic rings. The molecule has 0 aliphatic carbocycles. The molecule has 4 heteroatoms. The van der Waals surface area contributed by atoms with Gasteiger partial charge in [-0.1, -0.05) is 0 Å². The molecule has 2 heterocycles. The van der Waals surface area contributed by atoms with E-state index >= 15 is 0 Å². The summed E-state index contributed by atoms with van der Waals surface area (Å²) in [5.41, 5.74) is 5.65. The highest BCUT2D eigenvalue weighted by molar-refractivity contribution is 5.91. The number of piperidine rings is 1. The first kappa shape index (κ1) is 11.9. The number of amides is 1. The SMILES string of the molecule is NCC1CCCN(C(=O)/C=C/c2ccco2)C1. The van der Waals surface area contributed by atoms with E-state index in [4.69, 9.17) is 10.2 Å². The van der Waals surface area contributed by atoms with Crippen molar-refractivity contribution in [3.63, 3.8) is 0 Å². The summed E-state index contributed by atoms with van der Waals surface area (Å²) in [7, 11) is 0. The molecule has 1 aliphatic rings. The van der Waals surface area contributed by atoms with Crippen molar-refractivity contribution in [3.05, 3.63) is 30.2 Å². The monoisotopic (exact) mass is 234 g/mol. The minimum atomic E-state index is 0.0413. The number of rotatable bonds is 3. The van der Waals surface area contributed by atoms with Crippen LogP contribution < -0.4 is 5.73 Å². The third-order valence-corrected chi connectivity index (χ3v) is 3.10. The van der Waals surface area contributed by atoms with Crippen LogP contribution in [0.5, 0.6) is 0 Å². The molecule has 0 spiro atoms. The van der Waals surface area contributed by atoms with Gasteiger partial charge in [0.15, 0.2) is 0 Å². The van der Waals surface area contributed by atoms with Crippen molar-refractivity contribution in [3.8, 4) is 0 Å². The second-order valence-electron chi connectivity index (χ2n) is 4.38. The van der Waals surface area contributed by atoms with Crippen LogP contribution >= 0.6 is 0 Å². The lowest BCUT2D eigenvalue weighted by atomic mass is 9.98. The fourth-order valence-corrected chi connectivity index (χ4v) is 2.10. The van der Waals surface area contributed by atoms with Crippen LogP contribution in [0.25, 0.3) is 6.08 Å². The maximum Gasteiger partial charge on any atom is 0.246 e. The molecule has 1 amide bonds. The van der Waals surface area contributed by atoms with Crippen LogP contribution in [0, 0.1) is 5.92 Å². The van der Waals surface area contributed by atoms with Gasteiger partial charge in [-0.15, -0.1) is 0 Å². The number of hydrogen-bond donors (Lipinski definition) is 1. The normalized spacial score (nSPS) is 21.0. The second kappa shape index (κ2) is 5.68. The molecular weight excluding hydrogens is 216 g/mol. The van der Waals surface area contributed by atoms with Gasteiger partial charge in [-0.2, -0.15) is 0 Å². The Labute approximate surface area is 101 Å². The topological polar surface area (TPSA) is 59.5 Å². The van der Waals surface area contributed by atoms with Gasteiger partial charge in [0, 0.05) is 19.2 Å². The lowest BCUT2D eigenvalue weighted by Crippen LogP contribution is -2.41. The Morgan fingerprint density at radius 3 is 3.24 bits per heavy atom. The number of carbonyl (C=O) groups is 1. The summed E-state index contributed by atoms with van der Waals surface area (Å²) in [6.07, 6.45) is 7.03. The lowest BCUT2D eigenvalue weighted by molar-refractivity contribution is -0.127. The highest BCUT2D eigenvalue weighted by Gasteiger charge is 2.21. The quantitative estimate of drug-likeness (QED) is 0.806. The fourth-order valence-electron chi connectivity index (χ4n) is 2.10. The maximum absolute atomic E-state index is 11.9. The van der Waals surface area contributed by atoms with E-state index in [9.17, 15) is 4.79 Å². The Bertz CT molecular complexity index is 384. The molecular formula is C13H18N2O2. The van der Waals surface area contributed by atoms with Gasteiger partial charge >= 0.3 is 0 Å². The van der Waals surface area contributed by atoms with Crippen LogP contribution in [0.1, 0.15) is 18.6 Å². The molecule has 0 saturated carbocycles. The molecule has 1 unspecified atom stereocenters. The van der Waals surface area contributed by atoms with Gasteiger partial charge in [0.05, 0.1) is 6.26 Å². The average molecular weight is 234 g/mol. The van der Waals surface area contributed by atoms with Crippen molar-refractivity contribution in [1.29, 1.82) is 0 Å². The van der Waals surface area contributed by atoms with Crippen molar-refractivity contribution >= 4 is 12.0 Å². The average Bonchev–Trinajstić information content (AvgIpc) is 2.89. The summed E-state index contributed by atoms with van der Waals surface area (Å²) < 4.78 is 5.14. The lowest BCUT2D eigenvalue weighted by Gasteiger charge is -2.31. The Hall–Kier alpha value is -1.55. The highest BCUT2D eigenvalue weighted by atomic mass is 16.3. The standard InChI is InChI=1S/C13H18N2O2/c14-9-11-3-1-7-15(10-11)13(16)6-5-12-4-2-8-17-12/h2,4-6,8,11H,1,3,7,9-10,14H2/b6-5+. The highest BCUT2D eigenvalue weighted by Crippen LogP contribution is 2.15. The van der Waals surface area contributed by atoms with Crippen molar-refractivity contribution in [1.82, 2.24) is 4.90 Å². The van der Waals surface area contributed by atoms with Crippen molar-refractivity contribution < 1.29 is 9.21 Å². The van der Waals surface area contributed by atoms with Crippen molar-refractivity contribution in [2.45, 2.75) is 12.8 Å². The predicted molar refractivity (Wildman–Crippen MR) is 66.1 cm³/mol. The Balaban J connectivity index is 1.91. The van der Waals surface area contributed by atoms with E-state index < -0.39 is 0 Å². The summed E-state index contributed by atoms with van der Waals surface area (Å²) in [6, 6.07) is 3.62. The zero-order valence-corrected chi connectivity index (χ0v) is 9.84. The summed E-state index contributed by atoms with van der Waals surface area (Å²) >= 11 is 0. The van der Waals surface area contributed by atoms with E-state index in [0.29, 0.717) is 18.2 Å². The van der Waals surface area contributed by atoms with Crippen LogP contribution in [-0.2, 0) is 4.79 Å². The van der Waals surface area contributed by atoms with E-state index in [0.717, 1.165) is 25.9 Å². The molecule has 2 rings (SSSR count). The Kier molecular flexibility index (Phi) is 3.98. The zero-order chi connectivity index (χ0) is 12.1. The fraction of sp³-hybridized carbons (Fsp3) is 0.462. The molecule has 0 bridgehead atoms. The molecule has 92 valence electrons. The predicted octanol–water partition coefficient (Wildman–Crippen LogP) is 1.49. The number of hydrogen-bond acceptors (Lipinski definition) is 3. The largest absolute Gasteiger partial charge is 0.465 e. The van der Waals surface area contributed by atoms with E-state index in [1.165, 1.54) is 0 Å². The molecule has 2 N–H and O–H groups in total. The molecule has 1 saturated heterocycles. The third kappa shape index (κ3) is 3.20. The minimum Gasteiger partial charge on any atom is -0.465 e. The number of nitrogens with two attached hydrogens (primary N) is 1. The maximum atomic E-state index is 11.9. The second-order valence-corrected chi connectivity index (χ2v) is 4.38. The van der Waals surface area contributed by atoms with Gasteiger partial charge in [0.25, 0.3) is 0 Å². The van der Waals surface area contributed by atoms with Gasteiger partial charge in [-0.05, 0) is 43.5 Å². The molecule has 0 radical (unpaired) electrons. The Morgan fingerprint density at radius 2 is 2.53 bits per heavy atom. The summed E-state index contributed by atoms with van der Waals surface area (Å²) in [5, 5.41) is 0. The third-order valence-electron chi connectivity index (χ3n) is 3.10. The number of furan rings is 1. The van der Waals surface area contributed by atoms with Crippen LogP contribution in [0.3, 0.4) is 0 Å². The Morgan fingerprint density at radius 1 is 1.65 bits per heavy atom. The van der Waals surface area contributed by atoms with Crippen LogP contribution in [0.15, 0.2) is 28.9 Å². The number of carbonyl (C=O) groups excluding carboxylic acids is 1. The van der Waals surface area contributed by atoms with Gasteiger partial charge in [0.1, 0.15) is 5.76 Å². The van der Waals surface area contributed by atoms with E-state index in [-0.39, 0.29) is 5.91 Å². The summed E-state index contributed by atoms with van der Waals surface area (Å²) in [5.74, 6) is 1.19. The minimum absolute atomic E-state index is 0.0413. The molecule has 17 heavy (non-hydrogen) atoms. The van der Waals surface area contributed by atoms with Gasteiger partial charge in [0.2, 0.25) is 5.91 Å². The van der Waals surface area contributed by atoms with Crippen molar-refractivity contribution in [2.75, 3.05) is 19.6 Å². The van der Waals surface area contributed by atoms with Gasteiger partial charge in [-0.3, -0.25) is 4.79 Å². The van der Waals surface area contributed by atoms with E-state index in [2.05, 4.69) is 0 Å². The number of nitrogens with zero attached hydrogens (tertiary/aromatic N) is 1. The molecule has 1 fully saturated rings. The first-order chi connectivity index (χ1) is 8.29. The molecule has 0 aromatic carbocycles. The molecule has 1 atom stereocenters. The van der Waals surface area contributed by atoms with Gasteiger partial charge < -0.3 is 15.1 Å². The van der Waals surface area contributed by atoms with Crippen LogP contribution in [0.2, 0.25) is 0 Å². The number of likely N-dealkylation sites (tertiary alicyclic amines) is 1. The van der Waals surface area contributed by atoms with Crippen LogP contribution in [-0.4, -0.2) is 30.4 Å². The first-order valence-corrected chi connectivity index (χ1v) is 6.00. The van der Waals surface area contributed by atoms with Crippen LogP contribution in [0.4, 0.5) is 0 Å². The molecule has 1 aromatic heterocycles. The van der Waals surface area contributed by atoms with E-state index in [1.54, 1.807) is 24.5 Å². The summed E-state index contributed by atoms with van der Waals surface area (Å²) in [6.45, 7) is 2.27. The van der Waals surface area contributed by atoms with Gasteiger partial charge in [-0.25, -0.2) is 0 Å². The summed E-state index contributed by atoms with van der Waals surface area (Å²) in [4.78, 5) is 13.8. The molecule has 4 nitrogen and oxygen atoms in total. The van der Waals surface area contributed by atoms with E-state index in [1.807, 2.05) is 11.0 Å².